The second-order valence-corrected chi connectivity index (χ2v) is 3.16. The molecule has 2 N–H and O–H groups in total. The zero-order chi connectivity index (χ0) is 11.6. The van der Waals surface area contributed by atoms with Gasteiger partial charge in [0, 0.05) is 19.3 Å². The van der Waals surface area contributed by atoms with E-state index in [9.17, 15) is 0 Å². The average molecular weight is 221 g/mol. The van der Waals surface area contributed by atoms with Crippen LogP contribution in [0.5, 0.6) is 0 Å². The molecule has 0 amide bonds. The summed E-state index contributed by atoms with van der Waals surface area (Å²) in [7, 11) is 0. The molecule has 0 saturated carbocycles. The first-order chi connectivity index (χ1) is 7.86. The van der Waals surface area contributed by atoms with Crippen molar-refractivity contribution in [3.8, 4) is 6.07 Å². The van der Waals surface area contributed by atoms with Crippen LogP contribution < -0.4 is 5.32 Å². The van der Waals surface area contributed by atoms with E-state index >= 15 is 0 Å². The van der Waals surface area contributed by atoms with Crippen LogP contribution in [0.4, 0.5) is 5.82 Å². The third-order valence-corrected chi connectivity index (χ3v) is 1.90. The van der Waals surface area contributed by atoms with Crippen LogP contribution in [-0.4, -0.2) is 36.5 Å². The van der Waals surface area contributed by atoms with Gasteiger partial charge in [-0.1, -0.05) is 0 Å². The highest BCUT2D eigenvalue weighted by molar-refractivity contribution is 5.38. The quantitative estimate of drug-likeness (QED) is 0.665. The van der Waals surface area contributed by atoms with Crippen LogP contribution in [0.15, 0.2) is 18.3 Å². The zero-order valence-corrected chi connectivity index (χ0v) is 9.02. The van der Waals surface area contributed by atoms with Gasteiger partial charge >= 0.3 is 0 Å². The number of rotatable bonds is 7. The molecule has 0 bridgehead atoms. The molecule has 0 aromatic carbocycles. The molecule has 0 atom stereocenters. The smallest absolute Gasteiger partial charge is 0.125 e. The number of anilines is 1. The van der Waals surface area contributed by atoms with E-state index in [2.05, 4.69) is 10.3 Å². The van der Waals surface area contributed by atoms with E-state index in [1.807, 2.05) is 6.07 Å². The van der Waals surface area contributed by atoms with Crippen LogP contribution >= 0.6 is 0 Å². The molecular formula is C11H15N3O2. The molecular weight excluding hydrogens is 206 g/mol. The molecule has 5 nitrogen and oxygen atoms in total. The summed E-state index contributed by atoms with van der Waals surface area (Å²) in [6, 6.07) is 5.50. The third-order valence-electron chi connectivity index (χ3n) is 1.90. The molecule has 0 radical (unpaired) electrons. The highest BCUT2D eigenvalue weighted by atomic mass is 16.5. The number of aliphatic hydroxyl groups excluding tert-OH is 1. The summed E-state index contributed by atoms with van der Waals surface area (Å²) in [5.74, 6) is 0.751. The number of hydrogen-bond donors (Lipinski definition) is 2. The molecule has 86 valence electrons. The van der Waals surface area contributed by atoms with E-state index in [-0.39, 0.29) is 6.61 Å². The Hall–Kier alpha value is -1.64. The van der Waals surface area contributed by atoms with Crippen molar-refractivity contribution < 1.29 is 9.84 Å². The Labute approximate surface area is 94.7 Å². The third kappa shape index (κ3) is 4.73. The van der Waals surface area contributed by atoms with Crippen molar-refractivity contribution in [3.63, 3.8) is 0 Å². The molecule has 0 aliphatic rings. The number of aliphatic hydroxyl groups is 1. The maximum atomic E-state index is 8.58. The Morgan fingerprint density at radius 2 is 2.31 bits per heavy atom. The normalized spacial score (nSPS) is 9.75. The van der Waals surface area contributed by atoms with Gasteiger partial charge < -0.3 is 15.2 Å². The Kier molecular flexibility index (Phi) is 5.92. The van der Waals surface area contributed by atoms with Crippen molar-refractivity contribution in [2.45, 2.75) is 6.42 Å². The summed E-state index contributed by atoms with van der Waals surface area (Å²) in [5, 5.41) is 20.2. The lowest BCUT2D eigenvalue weighted by atomic mass is 10.3. The van der Waals surface area contributed by atoms with E-state index < -0.39 is 0 Å². The Balaban J connectivity index is 2.15. The molecule has 0 fully saturated rings. The van der Waals surface area contributed by atoms with E-state index in [4.69, 9.17) is 15.1 Å². The number of nitrogens with zero attached hydrogens (tertiary/aromatic N) is 2. The minimum atomic E-state index is 0.0601. The van der Waals surface area contributed by atoms with Gasteiger partial charge in [-0.25, -0.2) is 4.98 Å². The molecule has 1 rings (SSSR count). The maximum Gasteiger partial charge on any atom is 0.125 e. The first kappa shape index (κ1) is 12.4. The lowest BCUT2D eigenvalue weighted by Crippen LogP contribution is -2.08. The second-order valence-electron chi connectivity index (χ2n) is 3.16. The molecule has 0 spiro atoms. The summed E-state index contributed by atoms with van der Waals surface area (Å²) in [6.07, 6.45) is 2.38. The maximum absolute atomic E-state index is 8.58. The van der Waals surface area contributed by atoms with E-state index in [1.165, 1.54) is 6.20 Å². The summed E-state index contributed by atoms with van der Waals surface area (Å²) < 4.78 is 5.10. The topological polar surface area (TPSA) is 78.2 Å². The van der Waals surface area contributed by atoms with E-state index in [0.29, 0.717) is 18.8 Å². The van der Waals surface area contributed by atoms with Gasteiger partial charge in [-0.15, -0.1) is 0 Å². The number of aromatic nitrogens is 1. The van der Waals surface area contributed by atoms with Gasteiger partial charge in [-0.05, 0) is 18.6 Å². The van der Waals surface area contributed by atoms with Gasteiger partial charge in [0.1, 0.15) is 11.9 Å². The molecule has 1 heterocycles. The van der Waals surface area contributed by atoms with Crippen LogP contribution in [0.25, 0.3) is 0 Å². The van der Waals surface area contributed by atoms with Gasteiger partial charge in [-0.3, -0.25) is 0 Å². The van der Waals surface area contributed by atoms with Crippen LogP contribution in [0.2, 0.25) is 0 Å². The van der Waals surface area contributed by atoms with E-state index in [1.54, 1.807) is 12.1 Å². The fourth-order valence-corrected chi connectivity index (χ4v) is 1.12. The lowest BCUT2D eigenvalue weighted by molar-refractivity contribution is 0.0922. The Morgan fingerprint density at radius 1 is 1.44 bits per heavy atom. The summed E-state index contributed by atoms with van der Waals surface area (Å²) in [6.45, 7) is 1.81. The summed E-state index contributed by atoms with van der Waals surface area (Å²) >= 11 is 0. The van der Waals surface area contributed by atoms with Crippen LogP contribution in [0.3, 0.4) is 0 Å². The highest BCUT2D eigenvalue weighted by Gasteiger charge is 1.94. The Morgan fingerprint density at radius 3 is 2.94 bits per heavy atom. The number of nitriles is 1. The van der Waals surface area contributed by atoms with Crippen molar-refractivity contribution in [1.29, 1.82) is 5.26 Å². The molecule has 0 unspecified atom stereocenters. The number of ether oxygens (including phenoxy) is 1. The standard InChI is InChI=1S/C11H15N3O2/c12-8-10-2-3-11(14-9-10)13-4-1-6-16-7-5-15/h2-3,9,15H,1,4-7H2,(H,13,14). The van der Waals surface area contributed by atoms with Crippen LogP contribution in [-0.2, 0) is 4.74 Å². The van der Waals surface area contributed by atoms with Gasteiger partial charge in [0.05, 0.1) is 18.8 Å². The fourth-order valence-electron chi connectivity index (χ4n) is 1.12. The SMILES string of the molecule is N#Cc1ccc(NCCCOCCO)nc1. The number of hydrogen-bond acceptors (Lipinski definition) is 5. The molecule has 1 aromatic heterocycles. The monoisotopic (exact) mass is 221 g/mol. The second kappa shape index (κ2) is 7.63. The number of nitrogens with one attached hydrogen (secondary N) is 1. The van der Waals surface area contributed by atoms with Gasteiger partial charge in [0.15, 0.2) is 0 Å². The zero-order valence-electron chi connectivity index (χ0n) is 9.02. The summed E-state index contributed by atoms with van der Waals surface area (Å²) in [4.78, 5) is 4.07. The van der Waals surface area contributed by atoms with Gasteiger partial charge in [0.25, 0.3) is 0 Å². The molecule has 16 heavy (non-hydrogen) atoms. The molecule has 0 aliphatic heterocycles. The molecule has 1 aromatic rings. The highest BCUT2D eigenvalue weighted by Crippen LogP contribution is 2.03. The van der Waals surface area contributed by atoms with Crippen molar-refractivity contribution >= 4 is 5.82 Å². The van der Waals surface area contributed by atoms with Crippen molar-refractivity contribution in [1.82, 2.24) is 4.98 Å². The molecule has 0 aliphatic carbocycles. The van der Waals surface area contributed by atoms with Crippen molar-refractivity contribution in [3.05, 3.63) is 23.9 Å². The van der Waals surface area contributed by atoms with Gasteiger partial charge in [0.2, 0.25) is 0 Å². The minimum absolute atomic E-state index is 0.0601. The van der Waals surface area contributed by atoms with Gasteiger partial charge in [-0.2, -0.15) is 5.26 Å². The van der Waals surface area contributed by atoms with Crippen LogP contribution in [0, 0.1) is 11.3 Å². The first-order valence-electron chi connectivity index (χ1n) is 5.15. The largest absolute Gasteiger partial charge is 0.394 e. The molecule has 5 heteroatoms. The van der Waals surface area contributed by atoms with Crippen molar-refractivity contribution in [2.24, 2.45) is 0 Å². The molecule has 0 saturated heterocycles. The number of pyridine rings is 1. The minimum Gasteiger partial charge on any atom is -0.394 e. The average Bonchev–Trinajstić information content (AvgIpc) is 2.34. The summed E-state index contributed by atoms with van der Waals surface area (Å²) in [5.41, 5.74) is 0.553. The Bertz CT molecular complexity index is 332. The lowest BCUT2D eigenvalue weighted by Gasteiger charge is -2.05. The fraction of sp³-hybridized carbons (Fsp3) is 0.455. The van der Waals surface area contributed by atoms with Crippen molar-refractivity contribution in [2.75, 3.05) is 31.7 Å². The van der Waals surface area contributed by atoms with Crippen LogP contribution in [0.1, 0.15) is 12.0 Å². The predicted octanol–water partition coefficient (Wildman–Crippen LogP) is 0.764. The predicted molar refractivity (Wildman–Crippen MR) is 60.0 cm³/mol. The first-order valence-corrected chi connectivity index (χ1v) is 5.15. The van der Waals surface area contributed by atoms with E-state index in [0.717, 1.165) is 18.8 Å².